The number of nitrogens with zero attached hydrogens (tertiary/aromatic N) is 1. The smallest absolute Gasteiger partial charge is 0.128 e. The van der Waals surface area contributed by atoms with Gasteiger partial charge in [-0.1, -0.05) is 6.07 Å². The van der Waals surface area contributed by atoms with Crippen LogP contribution in [0, 0.1) is 0 Å². The van der Waals surface area contributed by atoms with Crippen LogP contribution in [0.25, 0.3) is 0 Å². The lowest BCUT2D eigenvalue weighted by Crippen LogP contribution is -2.26. The Morgan fingerprint density at radius 1 is 1.25 bits per heavy atom. The van der Waals surface area contributed by atoms with Crippen molar-refractivity contribution in [3.05, 3.63) is 18.2 Å². The maximum absolute atomic E-state index is 4.97. The van der Waals surface area contributed by atoms with E-state index in [-0.39, 0.29) is 5.54 Å². The first-order valence-electron chi connectivity index (χ1n) is 5.49. The molecule has 1 aromatic rings. The molecule has 2 N–H and O–H groups in total. The molecule has 1 heterocycles. The van der Waals surface area contributed by atoms with Crippen LogP contribution >= 0.6 is 0 Å². The van der Waals surface area contributed by atoms with E-state index in [2.05, 4.69) is 36.4 Å². The normalized spacial score (nSPS) is 11.2. The quantitative estimate of drug-likeness (QED) is 0.752. The second-order valence-corrected chi connectivity index (χ2v) is 4.70. The highest BCUT2D eigenvalue weighted by Gasteiger charge is 2.09. The standard InChI is InChI=1S/C12H21N3O/c1-12(2,3)15-11-7-5-6-10(14-11)13-8-9-16-4/h5-7H,8-9H2,1-4H3,(H2,13,14,15). The monoisotopic (exact) mass is 223 g/mol. The molecule has 4 heteroatoms. The zero-order valence-corrected chi connectivity index (χ0v) is 10.5. The summed E-state index contributed by atoms with van der Waals surface area (Å²) in [4.78, 5) is 4.45. The fourth-order valence-corrected chi connectivity index (χ4v) is 1.27. The van der Waals surface area contributed by atoms with Crippen LogP contribution in [0.15, 0.2) is 18.2 Å². The highest BCUT2D eigenvalue weighted by atomic mass is 16.5. The van der Waals surface area contributed by atoms with E-state index in [1.807, 2.05) is 18.2 Å². The van der Waals surface area contributed by atoms with Crippen molar-refractivity contribution in [1.29, 1.82) is 0 Å². The van der Waals surface area contributed by atoms with Crippen molar-refractivity contribution in [3.63, 3.8) is 0 Å². The number of methoxy groups -OCH3 is 1. The third-order valence-electron chi connectivity index (χ3n) is 1.86. The lowest BCUT2D eigenvalue weighted by atomic mass is 10.1. The Labute approximate surface area is 97.4 Å². The third kappa shape index (κ3) is 4.98. The molecule has 4 nitrogen and oxygen atoms in total. The number of anilines is 2. The van der Waals surface area contributed by atoms with Crippen LogP contribution in [-0.2, 0) is 4.74 Å². The number of rotatable bonds is 5. The molecule has 0 aromatic carbocycles. The van der Waals surface area contributed by atoms with Crippen molar-refractivity contribution in [2.45, 2.75) is 26.3 Å². The molecule has 90 valence electrons. The van der Waals surface area contributed by atoms with Gasteiger partial charge in [0.2, 0.25) is 0 Å². The molecule has 0 unspecified atom stereocenters. The molecule has 0 amide bonds. The maximum Gasteiger partial charge on any atom is 0.128 e. The largest absolute Gasteiger partial charge is 0.383 e. The van der Waals surface area contributed by atoms with Crippen LogP contribution < -0.4 is 10.6 Å². The molecular weight excluding hydrogens is 202 g/mol. The Morgan fingerprint density at radius 3 is 2.56 bits per heavy atom. The first-order valence-corrected chi connectivity index (χ1v) is 5.49. The second-order valence-electron chi connectivity index (χ2n) is 4.70. The summed E-state index contributed by atoms with van der Waals surface area (Å²) in [6.45, 7) is 7.78. The van der Waals surface area contributed by atoms with E-state index in [1.165, 1.54) is 0 Å². The van der Waals surface area contributed by atoms with Crippen molar-refractivity contribution in [2.75, 3.05) is 30.9 Å². The number of pyridine rings is 1. The van der Waals surface area contributed by atoms with E-state index in [0.29, 0.717) is 6.61 Å². The summed E-state index contributed by atoms with van der Waals surface area (Å²) in [5.41, 5.74) is 0.0259. The summed E-state index contributed by atoms with van der Waals surface area (Å²) in [5.74, 6) is 1.75. The average Bonchev–Trinajstić information content (AvgIpc) is 2.16. The molecule has 16 heavy (non-hydrogen) atoms. The van der Waals surface area contributed by atoms with E-state index in [4.69, 9.17) is 4.74 Å². The zero-order chi connectivity index (χ0) is 12.0. The lowest BCUT2D eigenvalue weighted by Gasteiger charge is -2.21. The minimum absolute atomic E-state index is 0.0259. The van der Waals surface area contributed by atoms with Gasteiger partial charge in [0.05, 0.1) is 6.61 Å². The highest BCUT2D eigenvalue weighted by Crippen LogP contribution is 2.14. The molecule has 0 atom stereocenters. The van der Waals surface area contributed by atoms with Gasteiger partial charge in [-0.2, -0.15) is 0 Å². The molecule has 0 radical (unpaired) electrons. The van der Waals surface area contributed by atoms with Gasteiger partial charge in [-0.15, -0.1) is 0 Å². The van der Waals surface area contributed by atoms with Gasteiger partial charge in [0, 0.05) is 19.2 Å². The Balaban J connectivity index is 2.57. The minimum Gasteiger partial charge on any atom is -0.383 e. The predicted molar refractivity (Wildman–Crippen MR) is 68.0 cm³/mol. The van der Waals surface area contributed by atoms with E-state index in [9.17, 15) is 0 Å². The SMILES string of the molecule is COCCNc1cccc(NC(C)(C)C)n1. The van der Waals surface area contributed by atoms with Gasteiger partial charge < -0.3 is 15.4 Å². The van der Waals surface area contributed by atoms with E-state index in [1.54, 1.807) is 7.11 Å². The van der Waals surface area contributed by atoms with Gasteiger partial charge >= 0.3 is 0 Å². The van der Waals surface area contributed by atoms with Crippen molar-refractivity contribution < 1.29 is 4.74 Å². The second kappa shape index (κ2) is 5.70. The summed E-state index contributed by atoms with van der Waals surface area (Å²) in [6, 6.07) is 5.90. The van der Waals surface area contributed by atoms with Crippen LogP contribution in [-0.4, -0.2) is 30.8 Å². The number of hydrogen-bond donors (Lipinski definition) is 2. The molecule has 0 aliphatic rings. The third-order valence-corrected chi connectivity index (χ3v) is 1.86. The van der Waals surface area contributed by atoms with Crippen molar-refractivity contribution in [2.24, 2.45) is 0 Å². The van der Waals surface area contributed by atoms with E-state index < -0.39 is 0 Å². The molecule has 0 aliphatic heterocycles. The van der Waals surface area contributed by atoms with Gasteiger partial charge in [-0.3, -0.25) is 0 Å². The molecule has 1 rings (SSSR count). The average molecular weight is 223 g/mol. The van der Waals surface area contributed by atoms with Crippen LogP contribution in [0.3, 0.4) is 0 Å². The zero-order valence-electron chi connectivity index (χ0n) is 10.5. The Bertz CT molecular complexity index is 320. The van der Waals surface area contributed by atoms with Crippen molar-refractivity contribution >= 4 is 11.6 Å². The van der Waals surface area contributed by atoms with Crippen molar-refractivity contribution in [1.82, 2.24) is 4.98 Å². The number of hydrogen-bond acceptors (Lipinski definition) is 4. The number of nitrogens with one attached hydrogen (secondary N) is 2. The summed E-state index contributed by atoms with van der Waals surface area (Å²) in [5, 5.41) is 6.53. The first-order chi connectivity index (χ1) is 7.51. The number of aromatic nitrogens is 1. The molecule has 0 fully saturated rings. The highest BCUT2D eigenvalue weighted by molar-refractivity contribution is 5.46. The summed E-state index contributed by atoms with van der Waals surface area (Å²) in [7, 11) is 1.69. The minimum atomic E-state index is 0.0259. The van der Waals surface area contributed by atoms with Crippen LogP contribution in [0.5, 0.6) is 0 Å². The Kier molecular flexibility index (Phi) is 4.55. The predicted octanol–water partition coefficient (Wildman–Crippen LogP) is 2.35. The molecule has 0 spiro atoms. The lowest BCUT2D eigenvalue weighted by molar-refractivity contribution is 0.210. The van der Waals surface area contributed by atoms with Crippen molar-refractivity contribution in [3.8, 4) is 0 Å². The van der Waals surface area contributed by atoms with Gasteiger partial charge in [0.15, 0.2) is 0 Å². The van der Waals surface area contributed by atoms with Crippen LogP contribution in [0.2, 0.25) is 0 Å². The summed E-state index contributed by atoms with van der Waals surface area (Å²) < 4.78 is 4.97. The van der Waals surface area contributed by atoms with E-state index >= 15 is 0 Å². The van der Waals surface area contributed by atoms with Gasteiger partial charge in [-0.25, -0.2) is 4.98 Å². The Morgan fingerprint density at radius 2 is 1.94 bits per heavy atom. The molecule has 0 bridgehead atoms. The van der Waals surface area contributed by atoms with Crippen LogP contribution in [0.1, 0.15) is 20.8 Å². The fourth-order valence-electron chi connectivity index (χ4n) is 1.27. The van der Waals surface area contributed by atoms with Gasteiger partial charge in [0.1, 0.15) is 11.6 Å². The molecule has 1 aromatic heterocycles. The molecule has 0 saturated heterocycles. The first kappa shape index (κ1) is 12.8. The maximum atomic E-state index is 4.97. The van der Waals surface area contributed by atoms with Gasteiger partial charge in [-0.05, 0) is 32.9 Å². The fraction of sp³-hybridized carbons (Fsp3) is 0.583. The van der Waals surface area contributed by atoms with Crippen LogP contribution in [0.4, 0.5) is 11.6 Å². The topological polar surface area (TPSA) is 46.2 Å². The van der Waals surface area contributed by atoms with E-state index in [0.717, 1.165) is 18.2 Å². The summed E-state index contributed by atoms with van der Waals surface area (Å²) in [6.07, 6.45) is 0. The molecule has 0 aliphatic carbocycles. The summed E-state index contributed by atoms with van der Waals surface area (Å²) >= 11 is 0. The molecule has 0 saturated carbocycles. The number of ether oxygens (including phenoxy) is 1. The Hall–Kier alpha value is -1.29. The molecular formula is C12H21N3O. The van der Waals surface area contributed by atoms with Gasteiger partial charge in [0.25, 0.3) is 0 Å².